The van der Waals surface area contributed by atoms with Crippen molar-refractivity contribution >= 4 is 35.6 Å². The molecule has 1 fully saturated rings. The van der Waals surface area contributed by atoms with Crippen LogP contribution in [0.1, 0.15) is 30.7 Å². The van der Waals surface area contributed by atoms with E-state index in [0.717, 1.165) is 82.4 Å². The van der Waals surface area contributed by atoms with Crippen LogP contribution in [0.3, 0.4) is 0 Å². The highest BCUT2D eigenvalue weighted by atomic mass is 127. The predicted molar refractivity (Wildman–Crippen MR) is 147 cm³/mol. The SMILES string of the molecule is CN=C(NCCCOC1CCN(Cc2ccccc2)CC1)NCCc1nnc2ccccn12.I. The normalized spacial score (nSPS) is 15.3. The van der Waals surface area contributed by atoms with Gasteiger partial charge >= 0.3 is 0 Å². The number of nitrogens with one attached hydrogen (secondary N) is 2. The molecular weight excluding hydrogens is 541 g/mol. The van der Waals surface area contributed by atoms with Crippen molar-refractivity contribution in [3.63, 3.8) is 0 Å². The molecule has 8 nitrogen and oxygen atoms in total. The highest BCUT2D eigenvalue weighted by Crippen LogP contribution is 2.16. The lowest BCUT2D eigenvalue weighted by atomic mass is 10.1. The fourth-order valence-electron chi connectivity index (χ4n) is 4.18. The van der Waals surface area contributed by atoms with E-state index in [9.17, 15) is 0 Å². The van der Waals surface area contributed by atoms with Crippen molar-refractivity contribution in [3.8, 4) is 0 Å². The van der Waals surface area contributed by atoms with Crippen molar-refractivity contribution < 1.29 is 4.74 Å². The Balaban J connectivity index is 0.00000324. The third-order valence-corrected chi connectivity index (χ3v) is 6.00. The molecule has 34 heavy (non-hydrogen) atoms. The molecule has 0 bridgehead atoms. The number of halogens is 1. The zero-order valence-electron chi connectivity index (χ0n) is 19.9. The van der Waals surface area contributed by atoms with Crippen LogP contribution in [0.4, 0.5) is 0 Å². The summed E-state index contributed by atoms with van der Waals surface area (Å²) >= 11 is 0. The van der Waals surface area contributed by atoms with Crippen molar-refractivity contribution in [1.82, 2.24) is 30.1 Å². The Kier molecular flexibility index (Phi) is 11.0. The van der Waals surface area contributed by atoms with E-state index in [0.29, 0.717) is 6.10 Å². The first-order valence-electron chi connectivity index (χ1n) is 11.9. The smallest absolute Gasteiger partial charge is 0.190 e. The van der Waals surface area contributed by atoms with Gasteiger partial charge in [0.05, 0.1) is 6.10 Å². The molecule has 0 atom stereocenters. The number of aliphatic imine (C=N–C) groups is 1. The molecule has 1 aliphatic heterocycles. The molecule has 9 heteroatoms. The summed E-state index contributed by atoms with van der Waals surface area (Å²) < 4.78 is 8.14. The second-order valence-electron chi connectivity index (χ2n) is 8.41. The van der Waals surface area contributed by atoms with Crippen molar-refractivity contribution in [2.75, 3.05) is 39.8 Å². The summed E-state index contributed by atoms with van der Waals surface area (Å²) in [7, 11) is 1.79. The molecule has 0 unspecified atom stereocenters. The van der Waals surface area contributed by atoms with Crippen LogP contribution in [0.5, 0.6) is 0 Å². The van der Waals surface area contributed by atoms with Gasteiger partial charge in [0.25, 0.3) is 0 Å². The van der Waals surface area contributed by atoms with Gasteiger partial charge in [-0.05, 0) is 37.0 Å². The second-order valence-corrected chi connectivity index (χ2v) is 8.41. The van der Waals surface area contributed by atoms with Crippen LogP contribution in [0.15, 0.2) is 59.7 Å². The van der Waals surface area contributed by atoms with Crippen LogP contribution in [0.2, 0.25) is 0 Å². The third kappa shape index (κ3) is 7.92. The van der Waals surface area contributed by atoms with Crippen molar-refractivity contribution in [2.45, 2.75) is 38.3 Å². The largest absolute Gasteiger partial charge is 0.378 e. The van der Waals surface area contributed by atoms with Crippen LogP contribution in [-0.4, -0.2) is 71.4 Å². The fourth-order valence-corrected chi connectivity index (χ4v) is 4.18. The number of hydrogen-bond donors (Lipinski definition) is 2. The summed E-state index contributed by atoms with van der Waals surface area (Å²) in [5.41, 5.74) is 2.26. The molecule has 2 N–H and O–H groups in total. The maximum atomic E-state index is 6.12. The Bertz CT molecular complexity index is 1000. The van der Waals surface area contributed by atoms with Crippen molar-refractivity contribution in [2.24, 2.45) is 4.99 Å². The maximum absolute atomic E-state index is 6.12. The monoisotopic (exact) mass is 577 g/mol. The lowest BCUT2D eigenvalue weighted by Crippen LogP contribution is -2.39. The van der Waals surface area contributed by atoms with Crippen LogP contribution in [-0.2, 0) is 17.7 Å². The summed E-state index contributed by atoms with van der Waals surface area (Å²) in [6.45, 7) is 5.61. The van der Waals surface area contributed by atoms with Crippen LogP contribution < -0.4 is 10.6 Å². The molecule has 3 heterocycles. The summed E-state index contributed by atoms with van der Waals surface area (Å²) in [5, 5.41) is 15.2. The molecule has 4 rings (SSSR count). The van der Waals surface area contributed by atoms with Gasteiger partial charge in [-0.3, -0.25) is 14.3 Å². The lowest BCUT2D eigenvalue weighted by molar-refractivity contribution is 0.00534. The number of pyridine rings is 1. The Morgan fingerprint density at radius 1 is 1.03 bits per heavy atom. The first-order valence-corrected chi connectivity index (χ1v) is 11.9. The molecule has 0 radical (unpaired) electrons. The van der Waals surface area contributed by atoms with E-state index in [1.54, 1.807) is 7.05 Å². The Morgan fingerprint density at radius 2 is 1.79 bits per heavy atom. The minimum absolute atomic E-state index is 0. The topological polar surface area (TPSA) is 79.1 Å². The number of piperidine rings is 1. The summed E-state index contributed by atoms with van der Waals surface area (Å²) in [6, 6.07) is 16.6. The summed E-state index contributed by atoms with van der Waals surface area (Å²) in [6.07, 6.45) is 6.33. The number of aromatic nitrogens is 3. The molecule has 0 saturated carbocycles. The van der Waals surface area contributed by atoms with Gasteiger partial charge in [-0.25, -0.2) is 0 Å². The first-order chi connectivity index (χ1) is 16.3. The molecule has 1 aromatic carbocycles. The van der Waals surface area contributed by atoms with Gasteiger partial charge in [0.1, 0.15) is 5.82 Å². The van der Waals surface area contributed by atoms with Crippen LogP contribution in [0.25, 0.3) is 5.65 Å². The second kappa shape index (κ2) is 14.2. The zero-order valence-corrected chi connectivity index (χ0v) is 22.2. The van der Waals surface area contributed by atoms with E-state index in [1.165, 1.54) is 5.56 Å². The van der Waals surface area contributed by atoms with Crippen molar-refractivity contribution in [1.29, 1.82) is 0 Å². The molecule has 0 spiro atoms. The molecule has 2 aromatic heterocycles. The average Bonchev–Trinajstić information content (AvgIpc) is 3.27. The minimum atomic E-state index is 0. The average molecular weight is 578 g/mol. The highest BCUT2D eigenvalue weighted by Gasteiger charge is 2.19. The van der Waals surface area contributed by atoms with E-state index in [2.05, 4.69) is 61.1 Å². The number of guanidine groups is 1. The predicted octanol–water partition coefficient (Wildman–Crippen LogP) is 3.13. The van der Waals surface area contributed by atoms with Crippen LogP contribution >= 0.6 is 24.0 Å². The van der Waals surface area contributed by atoms with Gasteiger partial charge in [-0.2, -0.15) is 0 Å². The molecular formula is C25H36IN7O. The molecule has 184 valence electrons. The van der Waals surface area contributed by atoms with Crippen LogP contribution in [0, 0.1) is 0 Å². The highest BCUT2D eigenvalue weighted by molar-refractivity contribution is 14.0. The lowest BCUT2D eigenvalue weighted by Gasteiger charge is -2.32. The number of fused-ring (bicyclic) bond motifs is 1. The number of hydrogen-bond acceptors (Lipinski definition) is 5. The third-order valence-electron chi connectivity index (χ3n) is 6.00. The van der Waals surface area contributed by atoms with Crippen molar-refractivity contribution in [3.05, 3.63) is 66.1 Å². The van der Waals surface area contributed by atoms with E-state index in [1.807, 2.05) is 28.8 Å². The standard InChI is InChI=1S/C25H35N7O.HI/c1-26-25(28-15-11-24-30-29-23-10-5-6-16-32(23)24)27-14-7-19-33-22-12-17-31(18-13-22)20-21-8-3-2-4-9-21;/h2-6,8-10,16,22H,7,11-15,17-20H2,1H3,(H2,26,27,28);1H. The van der Waals surface area contributed by atoms with E-state index < -0.39 is 0 Å². The molecule has 1 saturated heterocycles. The molecule has 0 aliphatic carbocycles. The molecule has 1 aliphatic rings. The first kappa shape index (κ1) is 26.4. The Morgan fingerprint density at radius 3 is 2.59 bits per heavy atom. The van der Waals surface area contributed by atoms with Gasteiger partial charge in [0.2, 0.25) is 0 Å². The Labute approximate surface area is 219 Å². The summed E-state index contributed by atoms with van der Waals surface area (Å²) in [4.78, 5) is 6.83. The van der Waals surface area contributed by atoms with E-state index >= 15 is 0 Å². The summed E-state index contributed by atoms with van der Waals surface area (Å²) in [5.74, 6) is 1.75. The number of ether oxygens (including phenoxy) is 1. The van der Waals surface area contributed by atoms with Gasteiger partial charge in [0, 0.05) is 59.0 Å². The number of rotatable bonds is 10. The van der Waals surface area contributed by atoms with Gasteiger partial charge < -0.3 is 15.4 Å². The maximum Gasteiger partial charge on any atom is 0.190 e. The van der Waals surface area contributed by atoms with E-state index in [-0.39, 0.29) is 24.0 Å². The minimum Gasteiger partial charge on any atom is -0.378 e. The molecule has 3 aromatic rings. The van der Waals surface area contributed by atoms with E-state index in [4.69, 9.17) is 4.74 Å². The zero-order chi connectivity index (χ0) is 22.7. The molecule has 0 amide bonds. The van der Waals surface area contributed by atoms with Gasteiger partial charge in [-0.15, -0.1) is 34.2 Å². The number of nitrogens with zero attached hydrogens (tertiary/aromatic N) is 5. The number of benzene rings is 1. The quantitative estimate of drug-likeness (QED) is 0.167. The Hall–Kier alpha value is -2.24. The van der Waals surface area contributed by atoms with Gasteiger partial charge in [0.15, 0.2) is 11.6 Å². The van der Waals surface area contributed by atoms with Gasteiger partial charge in [-0.1, -0.05) is 36.4 Å². The fraction of sp³-hybridized carbons (Fsp3) is 0.480. The number of likely N-dealkylation sites (tertiary alicyclic amines) is 1.